The van der Waals surface area contributed by atoms with Crippen molar-refractivity contribution < 1.29 is 14.6 Å². The second-order valence-electron chi connectivity index (χ2n) is 3.40. The minimum Gasteiger partial charge on any atom is -0.479 e. The van der Waals surface area contributed by atoms with E-state index in [1.807, 2.05) is 0 Å². The highest BCUT2D eigenvalue weighted by Gasteiger charge is 2.33. The summed E-state index contributed by atoms with van der Waals surface area (Å²) in [5.74, 6) is -0.946. The molecular formula is C9H8BrClN2O3. The Morgan fingerprint density at radius 3 is 3.00 bits per heavy atom. The van der Waals surface area contributed by atoms with E-state index in [4.69, 9.17) is 21.4 Å². The number of aliphatic carboxylic acids is 1. The lowest BCUT2D eigenvalue weighted by Gasteiger charge is -2.11. The van der Waals surface area contributed by atoms with E-state index in [0.29, 0.717) is 23.0 Å². The molecule has 86 valence electrons. The van der Waals surface area contributed by atoms with Gasteiger partial charge in [0.25, 0.3) is 0 Å². The molecule has 0 aromatic carbocycles. The van der Waals surface area contributed by atoms with Crippen LogP contribution in [0.5, 0.6) is 0 Å². The third-order valence-corrected chi connectivity index (χ3v) is 3.13. The summed E-state index contributed by atoms with van der Waals surface area (Å²) >= 11 is 8.97. The highest BCUT2D eigenvalue weighted by atomic mass is 79.9. The molecule has 2 rings (SSSR count). The zero-order chi connectivity index (χ0) is 11.7. The summed E-state index contributed by atoms with van der Waals surface area (Å²) < 4.78 is 6.04. The van der Waals surface area contributed by atoms with Crippen molar-refractivity contribution in [2.75, 3.05) is 0 Å². The summed E-state index contributed by atoms with van der Waals surface area (Å²) in [7, 11) is 0. The maximum absolute atomic E-state index is 10.7. The van der Waals surface area contributed by atoms with Crippen LogP contribution in [-0.4, -0.2) is 27.1 Å². The SMILES string of the molecule is O=C(O)C1CCC(c2nc(Cl)ncc2Br)O1. The largest absolute Gasteiger partial charge is 0.479 e. The standard InChI is InChI=1S/C9H8BrClN2O3/c10-4-3-12-9(11)13-7(4)5-1-2-6(16-5)8(14)15/h3,5-6H,1-2H2,(H,14,15). The lowest BCUT2D eigenvalue weighted by molar-refractivity contribution is -0.149. The number of hydrogen-bond acceptors (Lipinski definition) is 4. The first-order chi connectivity index (χ1) is 7.58. The number of halogens is 2. The zero-order valence-corrected chi connectivity index (χ0v) is 10.4. The molecule has 1 aliphatic rings. The van der Waals surface area contributed by atoms with Gasteiger partial charge in [-0.05, 0) is 40.4 Å². The predicted octanol–water partition coefficient (Wildman–Crippen LogP) is 2.20. The van der Waals surface area contributed by atoms with E-state index in [0.717, 1.165) is 0 Å². The second kappa shape index (κ2) is 4.65. The molecular weight excluding hydrogens is 299 g/mol. The fourth-order valence-electron chi connectivity index (χ4n) is 1.60. The maximum Gasteiger partial charge on any atom is 0.332 e. The number of hydrogen-bond donors (Lipinski definition) is 1. The van der Waals surface area contributed by atoms with Crippen LogP contribution in [0.15, 0.2) is 10.7 Å². The summed E-state index contributed by atoms with van der Waals surface area (Å²) in [5.41, 5.74) is 0.601. The summed E-state index contributed by atoms with van der Waals surface area (Å²) in [5, 5.41) is 8.93. The van der Waals surface area contributed by atoms with Crippen molar-refractivity contribution in [1.29, 1.82) is 0 Å². The smallest absolute Gasteiger partial charge is 0.332 e. The molecule has 2 atom stereocenters. The Morgan fingerprint density at radius 1 is 1.62 bits per heavy atom. The lowest BCUT2D eigenvalue weighted by Crippen LogP contribution is -2.18. The van der Waals surface area contributed by atoms with Crippen molar-refractivity contribution in [3.05, 3.63) is 21.6 Å². The monoisotopic (exact) mass is 306 g/mol. The van der Waals surface area contributed by atoms with Crippen LogP contribution in [0.4, 0.5) is 0 Å². The average Bonchev–Trinajstić information content (AvgIpc) is 2.70. The molecule has 5 nitrogen and oxygen atoms in total. The fourth-order valence-corrected chi connectivity index (χ4v) is 2.19. The molecule has 2 unspecified atom stereocenters. The Balaban J connectivity index is 2.20. The van der Waals surface area contributed by atoms with Crippen LogP contribution in [0.2, 0.25) is 5.28 Å². The van der Waals surface area contributed by atoms with Gasteiger partial charge in [0.2, 0.25) is 5.28 Å². The Labute approximate surface area is 105 Å². The van der Waals surface area contributed by atoms with E-state index >= 15 is 0 Å². The highest BCUT2D eigenvalue weighted by molar-refractivity contribution is 9.10. The van der Waals surface area contributed by atoms with E-state index in [1.54, 1.807) is 0 Å². The van der Waals surface area contributed by atoms with Gasteiger partial charge in [-0.25, -0.2) is 14.8 Å². The van der Waals surface area contributed by atoms with E-state index < -0.39 is 12.1 Å². The van der Waals surface area contributed by atoms with Gasteiger partial charge >= 0.3 is 5.97 Å². The third-order valence-electron chi connectivity index (χ3n) is 2.34. The topological polar surface area (TPSA) is 72.3 Å². The average molecular weight is 308 g/mol. The number of nitrogens with zero attached hydrogens (tertiary/aromatic N) is 2. The van der Waals surface area contributed by atoms with Crippen LogP contribution >= 0.6 is 27.5 Å². The van der Waals surface area contributed by atoms with Gasteiger partial charge in [0, 0.05) is 6.20 Å². The lowest BCUT2D eigenvalue weighted by atomic mass is 10.1. The molecule has 1 aliphatic heterocycles. The number of rotatable bonds is 2. The molecule has 0 aliphatic carbocycles. The van der Waals surface area contributed by atoms with Crippen molar-refractivity contribution in [3.8, 4) is 0 Å². The van der Waals surface area contributed by atoms with E-state index in [1.165, 1.54) is 6.20 Å². The first-order valence-corrected chi connectivity index (χ1v) is 5.81. The molecule has 2 heterocycles. The van der Waals surface area contributed by atoms with Gasteiger partial charge in [-0.3, -0.25) is 0 Å². The molecule has 1 aromatic rings. The van der Waals surface area contributed by atoms with Crippen LogP contribution in [0, 0.1) is 0 Å². The minimum absolute atomic E-state index is 0.126. The Morgan fingerprint density at radius 2 is 2.38 bits per heavy atom. The van der Waals surface area contributed by atoms with Crippen LogP contribution < -0.4 is 0 Å². The molecule has 1 fully saturated rings. The molecule has 1 saturated heterocycles. The minimum atomic E-state index is -0.946. The summed E-state index contributed by atoms with van der Waals surface area (Å²) in [6.45, 7) is 0. The molecule has 0 amide bonds. The number of aromatic nitrogens is 2. The Hall–Kier alpha value is -0.720. The number of carboxylic acid groups (broad SMARTS) is 1. The summed E-state index contributed by atoms with van der Waals surface area (Å²) in [4.78, 5) is 18.6. The number of carboxylic acids is 1. The molecule has 1 aromatic heterocycles. The quantitative estimate of drug-likeness (QED) is 0.848. The maximum atomic E-state index is 10.7. The Kier molecular flexibility index (Phi) is 3.41. The molecule has 0 saturated carbocycles. The van der Waals surface area contributed by atoms with Crippen molar-refractivity contribution in [2.45, 2.75) is 25.0 Å². The molecule has 1 N–H and O–H groups in total. The predicted molar refractivity (Wildman–Crippen MR) is 59.2 cm³/mol. The first kappa shape index (κ1) is 11.8. The molecule has 7 heteroatoms. The van der Waals surface area contributed by atoms with Crippen LogP contribution in [0.25, 0.3) is 0 Å². The van der Waals surface area contributed by atoms with Crippen molar-refractivity contribution >= 4 is 33.5 Å². The molecule has 16 heavy (non-hydrogen) atoms. The molecule has 0 spiro atoms. The van der Waals surface area contributed by atoms with Crippen LogP contribution in [-0.2, 0) is 9.53 Å². The van der Waals surface area contributed by atoms with E-state index in [-0.39, 0.29) is 11.4 Å². The second-order valence-corrected chi connectivity index (χ2v) is 4.59. The molecule has 0 radical (unpaired) electrons. The van der Waals surface area contributed by atoms with Gasteiger partial charge in [0.15, 0.2) is 6.10 Å². The summed E-state index contributed by atoms with van der Waals surface area (Å²) in [6, 6.07) is 0. The van der Waals surface area contributed by atoms with Crippen molar-refractivity contribution in [3.63, 3.8) is 0 Å². The van der Waals surface area contributed by atoms with Gasteiger partial charge < -0.3 is 9.84 Å². The van der Waals surface area contributed by atoms with Crippen LogP contribution in [0.3, 0.4) is 0 Å². The third kappa shape index (κ3) is 2.34. The first-order valence-electron chi connectivity index (χ1n) is 4.64. The zero-order valence-electron chi connectivity index (χ0n) is 8.06. The number of carbonyl (C=O) groups is 1. The number of ether oxygens (including phenoxy) is 1. The van der Waals surface area contributed by atoms with Crippen LogP contribution in [0.1, 0.15) is 24.6 Å². The van der Waals surface area contributed by atoms with Gasteiger partial charge in [-0.15, -0.1) is 0 Å². The van der Waals surface area contributed by atoms with Crippen molar-refractivity contribution in [2.24, 2.45) is 0 Å². The van der Waals surface area contributed by atoms with Gasteiger partial charge in [0.1, 0.15) is 6.10 Å². The fraction of sp³-hybridized carbons (Fsp3) is 0.444. The molecule has 0 bridgehead atoms. The van der Waals surface area contributed by atoms with Gasteiger partial charge in [-0.1, -0.05) is 0 Å². The van der Waals surface area contributed by atoms with Gasteiger partial charge in [-0.2, -0.15) is 0 Å². The normalized spacial score (nSPS) is 24.6. The van der Waals surface area contributed by atoms with Gasteiger partial charge in [0.05, 0.1) is 10.2 Å². The highest BCUT2D eigenvalue weighted by Crippen LogP contribution is 2.35. The Bertz CT molecular complexity index is 429. The van der Waals surface area contributed by atoms with E-state index in [9.17, 15) is 4.79 Å². The van der Waals surface area contributed by atoms with E-state index in [2.05, 4.69) is 25.9 Å². The van der Waals surface area contributed by atoms with Crippen molar-refractivity contribution in [1.82, 2.24) is 9.97 Å². The summed E-state index contributed by atoms with van der Waals surface area (Å²) in [6.07, 6.45) is 1.53.